The van der Waals surface area contributed by atoms with Crippen LogP contribution >= 0.6 is 22.4 Å². The second kappa shape index (κ2) is 4.71. The Morgan fingerprint density at radius 3 is 1.88 bits per heavy atom. The zero-order valence-corrected chi connectivity index (χ0v) is 8.10. The summed E-state index contributed by atoms with van der Waals surface area (Å²) in [7, 11) is 0. The molecule has 0 aromatic carbocycles. The van der Waals surface area contributed by atoms with E-state index < -0.39 is 0 Å². The van der Waals surface area contributed by atoms with Gasteiger partial charge in [-0.3, -0.25) is 0 Å². The van der Waals surface area contributed by atoms with Gasteiger partial charge in [-0.2, -0.15) is 22.4 Å². The molecule has 0 atom stereocenters. The first-order valence-corrected chi connectivity index (χ1v) is 4.61. The number of hydrogen-bond acceptors (Lipinski definition) is 0. The van der Waals surface area contributed by atoms with Crippen molar-refractivity contribution in [2.75, 3.05) is 0 Å². The quantitative estimate of drug-likeness (QED) is 0.508. The van der Waals surface area contributed by atoms with Crippen molar-refractivity contribution in [2.45, 2.75) is 33.3 Å². The minimum absolute atomic E-state index is 0.887. The predicted molar refractivity (Wildman–Crippen MR) is 52.4 cm³/mol. The largest absolute Gasteiger partial charge is 0.185 e. The summed E-state index contributed by atoms with van der Waals surface area (Å²) in [5.74, 6) is 0. The molecule has 0 N–H and O–H groups in total. The summed E-state index contributed by atoms with van der Waals surface area (Å²) in [6, 6.07) is 0. The second-order valence-corrected chi connectivity index (χ2v) is 3.91. The van der Waals surface area contributed by atoms with Crippen LogP contribution in [0, 0.1) is 0 Å². The fourth-order valence-electron chi connectivity index (χ4n) is 0.658. The van der Waals surface area contributed by atoms with Crippen molar-refractivity contribution >= 4 is 33.4 Å². The van der Waals surface area contributed by atoms with Crippen LogP contribution < -0.4 is 0 Å². The molecule has 0 heterocycles. The maximum absolute atomic E-state index is 2.53. The molecule has 0 bridgehead atoms. The Hall–Kier alpha value is 0.860. The van der Waals surface area contributed by atoms with Crippen molar-refractivity contribution in [3.05, 3.63) is 0 Å². The summed E-state index contributed by atoms with van der Waals surface area (Å²) in [5, 5.41) is 0. The Bertz CT molecular complexity index is 50.4. The lowest BCUT2D eigenvalue weighted by Gasteiger charge is -2.05. The summed E-state index contributed by atoms with van der Waals surface area (Å²) in [5.41, 5.74) is 0. The minimum Gasteiger partial charge on any atom is -0.160 e. The van der Waals surface area contributed by atoms with Gasteiger partial charge in [-0.05, 0) is 0 Å². The van der Waals surface area contributed by atoms with Crippen molar-refractivity contribution in [3.8, 4) is 0 Å². The Morgan fingerprint density at radius 1 is 1.25 bits per heavy atom. The lowest BCUT2D eigenvalue weighted by Crippen LogP contribution is -2.24. The number of halogens is 1. The van der Waals surface area contributed by atoms with Crippen LogP contribution in [-0.4, -0.2) is 11.1 Å². The van der Waals surface area contributed by atoms with Crippen LogP contribution in [0.1, 0.15) is 13.8 Å². The molecular formula is C5H13B2I. The van der Waals surface area contributed by atoms with Gasteiger partial charge >= 0.3 is 0 Å². The highest BCUT2D eigenvalue weighted by Gasteiger charge is 2.16. The molecule has 46 valence electrons. The molecule has 0 aromatic heterocycles. The van der Waals surface area contributed by atoms with Crippen molar-refractivity contribution < 1.29 is 0 Å². The average Bonchev–Trinajstić information content (AvgIpc) is 1.84. The zero-order valence-electron chi connectivity index (χ0n) is 5.95. The maximum atomic E-state index is 2.53. The highest BCUT2D eigenvalue weighted by Crippen LogP contribution is 2.07. The Kier molecular flexibility index (Phi) is 5.22. The van der Waals surface area contributed by atoms with E-state index in [1.807, 2.05) is 0 Å². The molecular weight excluding hydrogens is 209 g/mol. The van der Waals surface area contributed by atoms with E-state index in [4.69, 9.17) is 0 Å². The third-order valence-electron chi connectivity index (χ3n) is 1.65. The predicted octanol–water partition coefficient (Wildman–Crippen LogP) is 2.66. The van der Waals surface area contributed by atoms with Crippen molar-refractivity contribution in [3.63, 3.8) is 0 Å². The summed E-state index contributed by atoms with van der Waals surface area (Å²) >= 11 is 2.53. The molecule has 0 spiro atoms. The first-order chi connectivity index (χ1) is 3.72. The minimum atomic E-state index is 0.887. The second-order valence-electron chi connectivity index (χ2n) is 2.31. The van der Waals surface area contributed by atoms with Gasteiger partial charge in [0.1, 0.15) is 6.60 Å². The van der Waals surface area contributed by atoms with E-state index in [0.717, 1.165) is 11.1 Å². The van der Waals surface area contributed by atoms with Crippen molar-refractivity contribution in [2.24, 2.45) is 0 Å². The SMILES string of the molecule is CCB(C)B(I)CC. The Balaban J connectivity index is 3.29. The molecule has 3 heteroatoms. The maximum Gasteiger partial charge on any atom is 0.185 e. The van der Waals surface area contributed by atoms with Crippen LogP contribution in [0.5, 0.6) is 0 Å². The molecule has 0 aliphatic carbocycles. The molecule has 0 amide bonds. The normalized spacial score (nSPS) is 9.00. The number of rotatable bonds is 3. The molecule has 0 aromatic rings. The van der Waals surface area contributed by atoms with Gasteiger partial charge in [0, 0.05) is 0 Å². The van der Waals surface area contributed by atoms with Gasteiger partial charge in [-0.1, -0.05) is 33.3 Å². The molecule has 0 aliphatic heterocycles. The van der Waals surface area contributed by atoms with E-state index >= 15 is 0 Å². The molecule has 0 nitrogen and oxygen atoms in total. The van der Waals surface area contributed by atoms with Gasteiger partial charge in [-0.15, -0.1) is 0 Å². The summed E-state index contributed by atoms with van der Waals surface area (Å²) in [6.07, 6.45) is 2.64. The summed E-state index contributed by atoms with van der Waals surface area (Å²) in [6.45, 7) is 7.73. The Morgan fingerprint density at radius 2 is 1.75 bits per heavy atom. The highest BCUT2D eigenvalue weighted by atomic mass is 127. The smallest absolute Gasteiger partial charge is 0.160 e. The fraction of sp³-hybridized carbons (Fsp3) is 1.00. The van der Waals surface area contributed by atoms with E-state index in [1.54, 1.807) is 0 Å². The molecule has 0 radical (unpaired) electrons. The van der Waals surface area contributed by atoms with Gasteiger partial charge < -0.3 is 0 Å². The van der Waals surface area contributed by atoms with E-state index in [-0.39, 0.29) is 0 Å². The lowest BCUT2D eigenvalue weighted by atomic mass is 9.21. The van der Waals surface area contributed by atoms with Gasteiger partial charge in [0.15, 0.2) is 4.46 Å². The summed E-state index contributed by atoms with van der Waals surface area (Å²) in [4.78, 5) is 0. The van der Waals surface area contributed by atoms with Crippen LogP contribution in [0.25, 0.3) is 0 Å². The van der Waals surface area contributed by atoms with Crippen molar-refractivity contribution in [1.82, 2.24) is 0 Å². The van der Waals surface area contributed by atoms with E-state index in [2.05, 4.69) is 43.0 Å². The molecule has 0 rings (SSSR count). The zero-order chi connectivity index (χ0) is 6.57. The van der Waals surface area contributed by atoms with E-state index in [9.17, 15) is 0 Å². The summed E-state index contributed by atoms with van der Waals surface area (Å²) < 4.78 is 0.887. The molecule has 0 fully saturated rings. The number of hydrogen-bond donors (Lipinski definition) is 0. The Labute approximate surface area is 66.8 Å². The van der Waals surface area contributed by atoms with Gasteiger partial charge in [0.25, 0.3) is 0 Å². The van der Waals surface area contributed by atoms with E-state index in [1.165, 1.54) is 12.6 Å². The van der Waals surface area contributed by atoms with Gasteiger partial charge in [-0.25, -0.2) is 0 Å². The fourth-order valence-corrected chi connectivity index (χ4v) is 1.17. The third-order valence-corrected chi connectivity index (χ3v) is 3.76. The standard InChI is InChI=1S/C5H13B2I/c1-4-6(3)7(8)5-2/h4-5H2,1-3H3. The van der Waals surface area contributed by atoms with Crippen LogP contribution in [0.3, 0.4) is 0 Å². The molecule has 0 saturated carbocycles. The molecule has 8 heavy (non-hydrogen) atoms. The lowest BCUT2D eigenvalue weighted by molar-refractivity contribution is 1.42. The molecule has 0 aliphatic rings. The monoisotopic (exact) mass is 222 g/mol. The average molecular weight is 222 g/mol. The van der Waals surface area contributed by atoms with Gasteiger partial charge in [0.2, 0.25) is 0 Å². The molecule has 0 unspecified atom stereocenters. The van der Waals surface area contributed by atoms with Crippen LogP contribution in [0.4, 0.5) is 0 Å². The highest BCUT2D eigenvalue weighted by molar-refractivity contribution is 14.1. The van der Waals surface area contributed by atoms with Gasteiger partial charge in [0.05, 0.1) is 0 Å². The van der Waals surface area contributed by atoms with Crippen LogP contribution in [0.15, 0.2) is 0 Å². The first-order valence-electron chi connectivity index (χ1n) is 3.36. The van der Waals surface area contributed by atoms with E-state index in [0.29, 0.717) is 0 Å². The molecule has 0 saturated heterocycles. The van der Waals surface area contributed by atoms with Crippen LogP contribution in [0.2, 0.25) is 19.5 Å². The van der Waals surface area contributed by atoms with Crippen molar-refractivity contribution in [1.29, 1.82) is 0 Å². The topological polar surface area (TPSA) is 0 Å². The van der Waals surface area contributed by atoms with Crippen LogP contribution in [-0.2, 0) is 0 Å². The third kappa shape index (κ3) is 3.00. The first kappa shape index (κ1) is 8.86.